The van der Waals surface area contributed by atoms with E-state index < -0.39 is 0 Å². The third-order valence-electron chi connectivity index (χ3n) is 2.87. The molecule has 0 spiro atoms. The van der Waals surface area contributed by atoms with Gasteiger partial charge in [-0.25, -0.2) is 4.98 Å². The van der Waals surface area contributed by atoms with Gasteiger partial charge in [-0.2, -0.15) is 0 Å². The van der Waals surface area contributed by atoms with Crippen LogP contribution in [-0.2, 0) is 0 Å². The van der Waals surface area contributed by atoms with Crippen molar-refractivity contribution in [2.75, 3.05) is 14.2 Å². The first-order chi connectivity index (χ1) is 9.71. The van der Waals surface area contributed by atoms with Crippen LogP contribution in [0.1, 0.15) is 0 Å². The van der Waals surface area contributed by atoms with Crippen molar-refractivity contribution in [3.05, 3.63) is 34.8 Å². The summed E-state index contributed by atoms with van der Waals surface area (Å²) in [6.45, 7) is 0. The number of aromatic nitrogens is 2. The smallest absolute Gasteiger partial charge is 0.163 e. The maximum absolute atomic E-state index is 5.95. The lowest BCUT2D eigenvalue weighted by Crippen LogP contribution is -1.93. The summed E-state index contributed by atoms with van der Waals surface area (Å²) < 4.78 is 11.3. The number of halogens is 2. The topological polar surface area (TPSA) is 44.2 Å². The minimum Gasteiger partial charge on any atom is -0.493 e. The molecular weight excluding hydrogens is 331 g/mol. The summed E-state index contributed by atoms with van der Waals surface area (Å²) in [6.07, 6.45) is 1.73. The van der Waals surface area contributed by atoms with Crippen LogP contribution in [0.2, 0.25) is 4.34 Å². The Morgan fingerprint density at radius 2 is 1.71 bits per heavy atom. The van der Waals surface area contributed by atoms with Gasteiger partial charge in [0, 0.05) is 12.1 Å². The van der Waals surface area contributed by atoms with Crippen molar-refractivity contribution in [2.24, 2.45) is 0 Å². The largest absolute Gasteiger partial charge is 0.493 e. The highest BCUT2D eigenvalue weighted by Crippen LogP contribution is 2.33. The van der Waals surface area contributed by atoms with E-state index >= 15 is 0 Å². The summed E-state index contributed by atoms with van der Waals surface area (Å²) in [5.41, 5.74) is 2.31. The SMILES string of the molecule is COc1cc2ncc(-c3ccc(Cl)s3)nc2cc1OC.Cl. The normalized spacial score (nSPS) is 10.2. The fourth-order valence-corrected chi connectivity index (χ4v) is 2.91. The van der Waals surface area contributed by atoms with E-state index in [2.05, 4.69) is 9.97 Å². The molecule has 0 amide bonds. The van der Waals surface area contributed by atoms with Gasteiger partial charge in [0.15, 0.2) is 11.5 Å². The fraction of sp³-hybridized carbons (Fsp3) is 0.143. The molecule has 2 aromatic heterocycles. The molecule has 0 radical (unpaired) electrons. The maximum atomic E-state index is 5.95. The molecule has 1 aromatic carbocycles. The van der Waals surface area contributed by atoms with E-state index in [4.69, 9.17) is 21.1 Å². The molecule has 2 heterocycles. The molecule has 0 bridgehead atoms. The quantitative estimate of drug-likeness (QED) is 0.705. The van der Waals surface area contributed by atoms with Crippen LogP contribution in [0.3, 0.4) is 0 Å². The lowest BCUT2D eigenvalue weighted by Gasteiger charge is -2.08. The van der Waals surface area contributed by atoms with Gasteiger partial charge in [-0.3, -0.25) is 4.98 Å². The van der Waals surface area contributed by atoms with Crippen LogP contribution in [0, 0.1) is 0 Å². The molecule has 0 aliphatic heterocycles. The summed E-state index contributed by atoms with van der Waals surface area (Å²) in [5, 5.41) is 0. The van der Waals surface area contributed by atoms with E-state index in [1.807, 2.05) is 24.3 Å². The Bertz CT molecular complexity index is 777. The monoisotopic (exact) mass is 342 g/mol. The first-order valence-electron chi connectivity index (χ1n) is 5.86. The standard InChI is InChI=1S/C14H11ClN2O2S.ClH/c1-18-11-5-8-9(6-12(11)19-2)17-10(7-16-8)13-3-4-14(15)20-13;/h3-7H,1-2H3;1H. The molecule has 7 heteroatoms. The Balaban J connectivity index is 0.00000161. The fourth-order valence-electron chi connectivity index (χ4n) is 1.91. The highest BCUT2D eigenvalue weighted by atomic mass is 35.5. The molecule has 4 nitrogen and oxygen atoms in total. The number of methoxy groups -OCH3 is 2. The Hall–Kier alpha value is -1.56. The number of nitrogens with zero attached hydrogens (tertiary/aromatic N) is 2. The summed E-state index contributed by atoms with van der Waals surface area (Å²) >= 11 is 7.42. The second-order valence-electron chi connectivity index (χ2n) is 4.05. The summed E-state index contributed by atoms with van der Waals surface area (Å²) in [7, 11) is 3.19. The van der Waals surface area contributed by atoms with Gasteiger partial charge in [-0.05, 0) is 12.1 Å². The predicted octanol–water partition coefficient (Wildman–Crippen LogP) is 4.45. The van der Waals surface area contributed by atoms with Gasteiger partial charge in [0.25, 0.3) is 0 Å². The number of rotatable bonds is 3. The van der Waals surface area contributed by atoms with E-state index in [9.17, 15) is 0 Å². The van der Waals surface area contributed by atoms with E-state index in [1.165, 1.54) is 11.3 Å². The number of thiophene rings is 1. The summed E-state index contributed by atoms with van der Waals surface area (Å²) in [5.74, 6) is 1.27. The minimum absolute atomic E-state index is 0. The molecule has 0 aliphatic carbocycles. The van der Waals surface area contributed by atoms with E-state index in [0.717, 1.165) is 25.9 Å². The zero-order valence-corrected chi connectivity index (χ0v) is 13.7. The first-order valence-corrected chi connectivity index (χ1v) is 7.05. The van der Waals surface area contributed by atoms with Crippen LogP contribution in [-0.4, -0.2) is 24.2 Å². The van der Waals surface area contributed by atoms with Crippen LogP contribution in [0.5, 0.6) is 11.5 Å². The van der Waals surface area contributed by atoms with E-state index in [1.54, 1.807) is 20.4 Å². The molecular formula is C14H12Cl2N2O2S. The molecule has 110 valence electrons. The van der Waals surface area contributed by atoms with Crippen LogP contribution >= 0.6 is 35.3 Å². The van der Waals surface area contributed by atoms with Gasteiger partial charge in [-0.15, -0.1) is 23.7 Å². The average Bonchev–Trinajstić information content (AvgIpc) is 2.91. The van der Waals surface area contributed by atoms with Crippen molar-refractivity contribution in [2.45, 2.75) is 0 Å². The maximum Gasteiger partial charge on any atom is 0.163 e. The van der Waals surface area contributed by atoms with Crippen molar-refractivity contribution in [3.8, 4) is 22.1 Å². The van der Waals surface area contributed by atoms with E-state index in [0.29, 0.717) is 11.5 Å². The van der Waals surface area contributed by atoms with Gasteiger partial charge in [-0.1, -0.05) is 11.6 Å². The minimum atomic E-state index is 0. The average molecular weight is 343 g/mol. The van der Waals surface area contributed by atoms with Gasteiger partial charge < -0.3 is 9.47 Å². The highest BCUT2D eigenvalue weighted by Gasteiger charge is 2.10. The molecule has 0 fully saturated rings. The Morgan fingerprint density at radius 1 is 1.05 bits per heavy atom. The number of ether oxygens (including phenoxy) is 2. The third kappa shape index (κ3) is 3.05. The summed E-state index contributed by atoms with van der Waals surface area (Å²) in [4.78, 5) is 10.00. The lowest BCUT2D eigenvalue weighted by atomic mass is 10.2. The van der Waals surface area contributed by atoms with Crippen molar-refractivity contribution < 1.29 is 9.47 Å². The van der Waals surface area contributed by atoms with Crippen LogP contribution in [0.15, 0.2) is 30.5 Å². The van der Waals surface area contributed by atoms with Crippen molar-refractivity contribution >= 4 is 46.4 Å². The zero-order chi connectivity index (χ0) is 14.1. The molecule has 0 unspecified atom stereocenters. The molecule has 21 heavy (non-hydrogen) atoms. The van der Waals surface area contributed by atoms with Crippen LogP contribution in [0.4, 0.5) is 0 Å². The molecule has 0 atom stereocenters. The first kappa shape index (κ1) is 15.8. The molecule has 0 N–H and O–H groups in total. The molecule has 0 saturated heterocycles. The van der Waals surface area contributed by atoms with Crippen molar-refractivity contribution in [1.82, 2.24) is 9.97 Å². The van der Waals surface area contributed by atoms with Crippen LogP contribution in [0.25, 0.3) is 21.6 Å². The number of fused-ring (bicyclic) bond motifs is 1. The third-order valence-corrected chi connectivity index (χ3v) is 4.13. The second-order valence-corrected chi connectivity index (χ2v) is 5.77. The molecule has 0 saturated carbocycles. The second kappa shape index (κ2) is 6.47. The van der Waals surface area contributed by atoms with Crippen LogP contribution < -0.4 is 9.47 Å². The van der Waals surface area contributed by atoms with Crippen molar-refractivity contribution in [3.63, 3.8) is 0 Å². The zero-order valence-electron chi connectivity index (χ0n) is 11.3. The van der Waals surface area contributed by atoms with Gasteiger partial charge in [0.1, 0.15) is 0 Å². The Morgan fingerprint density at radius 3 is 2.29 bits per heavy atom. The number of hydrogen-bond acceptors (Lipinski definition) is 5. The van der Waals surface area contributed by atoms with Gasteiger partial charge in [0.2, 0.25) is 0 Å². The van der Waals surface area contributed by atoms with E-state index in [-0.39, 0.29) is 12.4 Å². The van der Waals surface area contributed by atoms with Gasteiger partial charge in [0.05, 0.1) is 46.4 Å². The predicted molar refractivity (Wildman–Crippen MR) is 88.2 cm³/mol. The summed E-state index contributed by atoms with van der Waals surface area (Å²) in [6, 6.07) is 7.41. The highest BCUT2D eigenvalue weighted by molar-refractivity contribution is 7.19. The molecule has 3 rings (SSSR count). The van der Waals surface area contributed by atoms with Gasteiger partial charge >= 0.3 is 0 Å². The Labute approximate surface area is 137 Å². The Kier molecular flexibility index (Phi) is 4.88. The van der Waals surface area contributed by atoms with Crippen molar-refractivity contribution in [1.29, 1.82) is 0 Å². The number of hydrogen-bond donors (Lipinski definition) is 0. The lowest BCUT2D eigenvalue weighted by molar-refractivity contribution is 0.355. The number of benzene rings is 1. The molecule has 0 aliphatic rings. The molecule has 3 aromatic rings.